The first kappa shape index (κ1) is 16.9. The average Bonchev–Trinajstić information content (AvgIpc) is 3.11. The second-order valence-electron chi connectivity index (χ2n) is 6.07. The molecule has 6 nitrogen and oxygen atoms in total. The number of urea groups is 1. The third kappa shape index (κ3) is 2.29. The maximum atomic E-state index is 13.3. The second-order valence-corrected chi connectivity index (χ2v) is 7.16. The molecule has 1 aromatic heterocycles. The van der Waals surface area contributed by atoms with Crippen molar-refractivity contribution >= 4 is 23.3 Å². The van der Waals surface area contributed by atoms with Crippen molar-refractivity contribution in [2.75, 3.05) is 6.54 Å². The van der Waals surface area contributed by atoms with Gasteiger partial charge in [-0.1, -0.05) is 18.2 Å². The smallest absolute Gasteiger partial charge is 0.368 e. The van der Waals surface area contributed by atoms with Crippen LogP contribution in [0.15, 0.2) is 30.3 Å². The first-order valence-corrected chi connectivity index (χ1v) is 8.40. The lowest BCUT2D eigenvalue weighted by molar-refractivity contribution is -0.137. The number of fused-ring (bicyclic) bond motifs is 4. The van der Waals surface area contributed by atoms with Crippen molar-refractivity contribution in [3.8, 4) is 10.4 Å². The molecular formula is C16H12F3N3O3S. The number of nitrogens with zero attached hydrogens (tertiary/aromatic N) is 2. The van der Waals surface area contributed by atoms with Crippen LogP contribution in [0.5, 0.6) is 0 Å². The molecule has 4 rings (SSSR count). The van der Waals surface area contributed by atoms with Crippen LogP contribution in [0.4, 0.5) is 18.0 Å². The Bertz CT molecular complexity index is 927. The maximum absolute atomic E-state index is 13.3. The second kappa shape index (κ2) is 5.45. The van der Waals surface area contributed by atoms with E-state index in [-0.39, 0.29) is 12.1 Å². The Balaban J connectivity index is 1.89. The molecule has 1 unspecified atom stereocenters. The summed E-state index contributed by atoms with van der Waals surface area (Å²) in [5, 5.41) is 10.5. The fourth-order valence-corrected chi connectivity index (χ4v) is 4.83. The minimum atomic E-state index is -4.54. The molecule has 136 valence electrons. The van der Waals surface area contributed by atoms with Crippen LogP contribution in [0.3, 0.4) is 0 Å². The van der Waals surface area contributed by atoms with E-state index in [1.165, 1.54) is 24.3 Å². The number of hydrogen-bond acceptors (Lipinski definition) is 4. The molecule has 0 aliphatic carbocycles. The first-order valence-electron chi connectivity index (χ1n) is 7.58. The summed E-state index contributed by atoms with van der Waals surface area (Å²) in [7, 11) is 0. The Morgan fingerprint density at radius 3 is 2.65 bits per heavy atom. The van der Waals surface area contributed by atoms with Gasteiger partial charge in [0, 0.05) is 15.3 Å². The molecule has 1 aromatic carbocycles. The Labute approximate surface area is 149 Å². The molecule has 0 radical (unpaired) electrons. The highest BCUT2D eigenvalue weighted by Crippen LogP contribution is 2.50. The van der Waals surface area contributed by atoms with E-state index in [9.17, 15) is 28.0 Å². The number of rotatable bonds is 2. The zero-order valence-corrected chi connectivity index (χ0v) is 13.8. The molecule has 0 saturated carbocycles. The SMILES string of the molecule is NC(=O)C1c2sc(-c3ccccc3C(F)(F)F)cc2[C@H]2CN1C(=O)N2O. The highest BCUT2D eigenvalue weighted by molar-refractivity contribution is 7.16. The summed E-state index contributed by atoms with van der Waals surface area (Å²) in [5.74, 6) is -0.800. The number of thiophene rings is 1. The van der Waals surface area contributed by atoms with Gasteiger partial charge in [0.15, 0.2) is 0 Å². The number of benzene rings is 1. The van der Waals surface area contributed by atoms with Gasteiger partial charge in [0.2, 0.25) is 5.91 Å². The third-order valence-electron chi connectivity index (χ3n) is 4.58. The van der Waals surface area contributed by atoms with Crippen LogP contribution in [-0.4, -0.2) is 33.7 Å². The van der Waals surface area contributed by atoms with Crippen LogP contribution in [0, 0.1) is 0 Å². The molecule has 3 heterocycles. The van der Waals surface area contributed by atoms with Gasteiger partial charge in [-0.05, 0) is 17.7 Å². The van der Waals surface area contributed by atoms with Gasteiger partial charge in [-0.3, -0.25) is 10.0 Å². The van der Waals surface area contributed by atoms with Crippen LogP contribution < -0.4 is 5.73 Å². The van der Waals surface area contributed by atoms with E-state index in [1.54, 1.807) is 0 Å². The Morgan fingerprint density at radius 1 is 1.31 bits per heavy atom. The van der Waals surface area contributed by atoms with Crippen LogP contribution in [0.1, 0.15) is 28.1 Å². The van der Waals surface area contributed by atoms with Crippen LogP contribution in [0.25, 0.3) is 10.4 Å². The number of nitrogens with two attached hydrogens (primary N) is 1. The predicted molar refractivity (Wildman–Crippen MR) is 85.2 cm³/mol. The minimum Gasteiger partial charge on any atom is -0.368 e. The molecule has 1 saturated heterocycles. The summed E-state index contributed by atoms with van der Waals surface area (Å²) < 4.78 is 39.9. The summed E-state index contributed by atoms with van der Waals surface area (Å²) in [6.07, 6.45) is -4.54. The molecule has 3 N–H and O–H groups in total. The Morgan fingerprint density at radius 2 is 2.00 bits per heavy atom. The fraction of sp³-hybridized carbons (Fsp3) is 0.250. The van der Waals surface area contributed by atoms with E-state index in [1.807, 2.05) is 0 Å². The maximum Gasteiger partial charge on any atom is 0.417 e. The van der Waals surface area contributed by atoms with Crippen molar-refractivity contribution in [3.63, 3.8) is 0 Å². The van der Waals surface area contributed by atoms with Crippen molar-refractivity contribution < 1.29 is 28.0 Å². The molecule has 26 heavy (non-hydrogen) atoms. The van der Waals surface area contributed by atoms with Crippen molar-refractivity contribution in [1.29, 1.82) is 0 Å². The zero-order valence-electron chi connectivity index (χ0n) is 13.0. The molecule has 1 fully saturated rings. The van der Waals surface area contributed by atoms with E-state index >= 15 is 0 Å². The van der Waals surface area contributed by atoms with Crippen LogP contribution in [-0.2, 0) is 11.0 Å². The molecular weight excluding hydrogens is 371 g/mol. The lowest BCUT2D eigenvalue weighted by Gasteiger charge is -2.27. The molecule has 2 aromatic rings. The highest BCUT2D eigenvalue weighted by atomic mass is 32.1. The highest BCUT2D eigenvalue weighted by Gasteiger charge is 2.50. The normalized spacial score (nSPS) is 21.9. The van der Waals surface area contributed by atoms with Gasteiger partial charge in [-0.15, -0.1) is 11.3 Å². The quantitative estimate of drug-likeness (QED) is 0.781. The van der Waals surface area contributed by atoms with E-state index in [0.29, 0.717) is 20.4 Å². The Hall–Kier alpha value is -2.59. The number of amides is 3. The predicted octanol–water partition coefficient (Wildman–Crippen LogP) is 3.14. The zero-order chi connectivity index (χ0) is 18.8. The van der Waals surface area contributed by atoms with Crippen molar-refractivity contribution in [1.82, 2.24) is 9.96 Å². The van der Waals surface area contributed by atoms with Crippen LogP contribution >= 0.6 is 11.3 Å². The van der Waals surface area contributed by atoms with Crippen molar-refractivity contribution in [2.45, 2.75) is 18.3 Å². The fourth-order valence-electron chi connectivity index (χ4n) is 3.45. The summed E-state index contributed by atoms with van der Waals surface area (Å²) >= 11 is 0.974. The molecule has 10 heteroatoms. The molecule has 0 spiro atoms. The molecule has 2 bridgehead atoms. The van der Waals surface area contributed by atoms with Gasteiger partial charge in [0.25, 0.3) is 0 Å². The van der Waals surface area contributed by atoms with Crippen molar-refractivity contribution in [3.05, 3.63) is 46.3 Å². The van der Waals surface area contributed by atoms with Gasteiger partial charge >= 0.3 is 12.2 Å². The number of halogens is 3. The standard InChI is InChI=1S/C16H12F3N3O3S/c17-16(18,19)9-4-2-1-3-7(9)11-5-8-10-6-21(15(24)22(10)25)12(14(20)23)13(8)26-11/h1-5,10,12,25H,6H2,(H2,20,23)/t10-,12?/m1/s1. The lowest BCUT2D eigenvalue weighted by atomic mass is 9.97. The van der Waals surface area contributed by atoms with Gasteiger partial charge in [0.05, 0.1) is 12.1 Å². The summed E-state index contributed by atoms with van der Waals surface area (Å²) in [5.41, 5.74) is 5.04. The van der Waals surface area contributed by atoms with E-state index in [4.69, 9.17) is 5.73 Å². The van der Waals surface area contributed by atoms with Gasteiger partial charge in [-0.25, -0.2) is 4.79 Å². The number of primary amides is 1. The average molecular weight is 383 g/mol. The van der Waals surface area contributed by atoms with E-state index < -0.39 is 35.8 Å². The number of carbonyl (C=O) groups is 2. The van der Waals surface area contributed by atoms with E-state index in [2.05, 4.69) is 0 Å². The van der Waals surface area contributed by atoms with Gasteiger partial charge in [0.1, 0.15) is 12.1 Å². The summed E-state index contributed by atoms with van der Waals surface area (Å²) in [4.78, 5) is 25.7. The topological polar surface area (TPSA) is 86.9 Å². The summed E-state index contributed by atoms with van der Waals surface area (Å²) in [6.45, 7) is 0.0486. The molecule has 2 aliphatic heterocycles. The van der Waals surface area contributed by atoms with Gasteiger partial charge in [-0.2, -0.15) is 18.2 Å². The monoisotopic (exact) mass is 383 g/mol. The Kier molecular flexibility index (Phi) is 3.53. The van der Waals surface area contributed by atoms with E-state index in [0.717, 1.165) is 22.3 Å². The molecule has 2 atom stereocenters. The molecule has 3 amide bonds. The first-order chi connectivity index (χ1) is 12.2. The van der Waals surface area contributed by atoms with Crippen LogP contribution in [0.2, 0.25) is 0 Å². The number of carbonyl (C=O) groups excluding carboxylic acids is 2. The number of hydrogen-bond donors (Lipinski definition) is 2. The van der Waals surface area contributed by atoms with Crippen molar-refractivity contribution in [2.24, 2.45) is 5.73 Å². The lowest BCUT2D eigenvalue weighted by Crippen LogP contribution is -2.40. The number of hydroxylamine groups is 2. The molecule has 2 aliphatic rings. The third-order valence-corrected chi connectivity index (χ3v) is 5.82. The van der Waals surface area contributed by atoms with Gasteiger partial charge < -0.3 is 10.6 Å². The largest absolute Gasteiger partial charge is 0.417 e. The summed E-state index contributed by atoms with van der Waals surface area (Å²) in [6, 6.07) is 4.01. The minimum absolute atomic E-state index is 0.0238. The number of alkyl halides is 3.